The third-order valence-electron chi connectivity index (χ3n) is 5.51. The van der Waals surface area contributed by atoms with Crippen molar-refractivity contribution in [3.05, 3.63) is 71.8 Å². The summed E-state index contributed by atoms with van der Waals surface area (Å²) in [5.74, 6) is 0.576. The molecule has 0 amide bonds. The second-order valence-electron chi connectivity index (χ2n) is 8.51. The Hall–Kier alpha value is -3.10. The molecule has 0 aromatic heterocycles. The van der Waals surface area contributed by atoms with Gasteiger partial charge in [-0.1, -0.05) is 56.4 Å². The van der Waals surface area contributed by atoms with E-state index in [2.05, 4.69) is 0 Å². The van der Waals surface area contributed by atoms with Crippen LogP contribution >= 0.6 is 0 Å². The zero-order valence-corrected chi connectivity index (χ0v) is 20.7. The molecule has 0 aliphatic carbocycles. The third kappa shape index (κ3) is 13.1. The van der Waals surface area contributed by atoms with E-state index < -0.39 is 17.8 Å². The van der Waals surface area contributed by atoms with Crippen LogP contribution in [0.1, 0.15) is 68.9 Å². The van der Waals surface area contributed by atoms with Crippen molar-refractivity contribution in [3.8, 4) is 11.5 Å². The number of esters is 1. The lowest BCUT2D eigenvalue weighted by Gasteiger charge is -2.13. The SMILES string of the molecule is O=C(CCCCCCCCCC=C(F)F)OCCOc1ccccc1OCc1ccc(C(F)(F)F)cc1. The third-order valence-corrected chi connectivity index (χ3v) is 5.51. The van der Waals surface area contributed by atoms with Crippen LogP contribution in [0.25, 0.3) is 0 Å². The average Bonchev–Trinajstić information content (AvgIpc) is 2.86. The highest BCUT2D eigenvalue weighted by Gasteiger charge is 2.29. The van der Waals surface area contributed by atoms with Gasteiger partial charge in [0.15, 0.2) is 11.5 Å². The van der Waals surface area contributed by atoms with Crippen LogP contribution in [0.2, 0.25) is 0 Å². The summed E-state index contributed by atoms with van der Waals surface area (Å²) in [6, 6.07) is 11.6. The van der Waals surface area contributed by atoms with Gasteiger partial charge in [0.25, 0.3) is 6.08 Å². The molecule has 0 aliphatic rings. The summed E-state index contributed by atoms with van der Waals surface area (Å²) in [5.41, 5.74) is -0.135. The van der Waals surface area contributed by atoms with Crippen molar-refractivity contribution in [2.75, 3.05) is 13.2 Å². The second-order valence-corrected chi connectivity index (χ2v) is 8.51. The molecule has 0 N–H and O–H groups in total. The first-order valence-corrected chi connectivity index (χ1v) is 12.4. The Morgan fingerprint density at radius 3 is 1.97 bits per heavy atom. The van der Waals surface area contributed by atoms with Gasteiger partial charge in [0.2, 0.25) is 0 Å². The molecule has 0 aliphatic heterocycles. The van der Waals surface area contributed by atoms with Gasteiger partial charge in [0, 0.05) is 6.42 Å². The maximum Gasteiger partial charge on any atom is 0.416 e. The van der Waals surface area contributed by atoms with Crippen LogP contribution in [0.5, 0.6) is 11.5 Å². The first kappa shape index (κ1) is 30.1. The molecule has 2 rings (SSSR count). The van der Waals surface area contributed by atoms with E-state index in [0.29, 0.717) is 29.9 Å². The number of ether oxygens (including phenoxy) is 3. The number of alkyl halides is 3. The summed E-state index contributed by atoms with van der Waals surface area (Å²) < 4.78 is 78.5. The number of halogens is 5. The lowest BCUT2D eigenvalue weighted by atomic mass is 10.1. The van der Waals surface area contributed by atoms with Crippen molar-refractivity contribution in [3.63, 3.8) is 0 Å². The minimum absolute atomic E-state index is 0.0734. The van der Waals surface area contributed by atoms with Gasteiger partial charge in [0.1, 0.15) is 19.8 Å². The maximum absolute atomic E-state index is 12.7. The molecule has 4 nitrogen and oxygen atoms in total. The molecule has 0 heterocycles. The lowest BCUT2D eigenvalue weighted by Crippen LogP contribution is -2.12. The van der Waals surface area contributed by atoms with Crippen molar-refractivity contribution in [1.29, 1.82) is 0 Å². The van der Waals surface area contributed by atoms with Gasteiger partial charge in [-0.25, -0.2) is 0 Å². The van der Waals surface area contributed by atoms with Crippen molar-refractivity contribution >= 4 is 5.97 Å². The van der Waals surface area contributed by atoms with E-state index in [1.807, 2.05) is 0 Å². The van der Waals surface area contributed by atoms with Crippen LogP contribution in [0.4, 0.5) is 22.0 Å². The molecule has 0 atom stereocenters. The smallest absolute Gasteiger partial charge is 0.416 e. The number of hydrogen-bond donors (Lipinski definition) is 0. The fourth-order valence-electron chi connectivity index (χ4n) is 3.53. The molecular formula is C28H33F5O4. The molecule has 2 aromatic carbocycles. The molecule has 0 fully saturated rings. The highest BCUT2D eigenvalue weighted by atomic mass is 19.4. The summed E-state index contributed by atoms with van der Waals surface area (Å²) >= 11 is 0. The first-order valence-electron chi connectivity index (χ1n) is 12.4. The molecule has 0 bridgehead atoms. The summed E-state index contributed by atoms with van der Waals surface area (Å²) in [5, 5.41) is 0. The van der Waals surface area contributed by atoms with Gasteiger partial charge in [0.05, 0.1) is 5.56 Å². The van der Waals surface area contributed by atoms with E-state index in [1.165, 1.54) is 12.1 Å². The fraction of sp³-hybridized carbons (Fsp3) is 0.464. The maximum atomic E-state index is 12.7. The summed E-state index contributed by atoms with van der Waals surface area (Å²) in [4.78, 5) is 11.9. The van der Waals surface area contributed by atoms with Gasteiger partial charge < -0.3 is 14.2 Å². The largest absolute Gasteiger partial charge is 0.486 e. The Kier molecular flexibility index (Phi) is 13.5. The predicted octanol–water partition coefficient (Wildman–Crippen LogP) is 8.50. The molecule has 37 heavy (non-hydrogen) atoms. The number of para-hydroxylation sites is 2. The minimum atomic E-state index is -4.38. The first-order chi connectivity index (χ1) is 17.8. The lowest BCUT2D eigenvalue weighted by molar-refractivity contribution is -0.144. The molecule has 0 spiro atoms. The summed E-state index contributed by atoms with van der Waals surface area (Å²) in [6.45, 7) is 0.290. The van der Waals surface area contributed by atoms with Crippen LogP contribution in [-0.2, 0) is 22.3 Å². The number of rotatable bonds is 17. The number of unbranched alkanes of at least 4 members (excludes halogenated alkanes) is 7. The van der Waals surface area contributed by atoms with Crippen LogP contribution in [-0.4, -0.2) is 19.2 Å². The van der Waals surface area contributed by atoms with Crippen LogP contribution < -0.4 is 9.47 Å². The molecule has 2 aromatic rings. The zero-order valence-electron chi connectivity index (χ0n) is 20.7. The average molecular weight is 529 g/mol. The highest BCUT2D eigenvalue weighted by molar-refractivity contribution is 5.69. The monoisotopic (exact) mass is 528 g/mol. The van der Waals surface area contributed by atoms with E-state index in [0.717, 1.165) is 63.2 Å². The van der Waals surface area contributed by atoms with E-state index in [-0.39, 0.29) is 25.8 Å². The highest BCUT2D eigenvalue weighted by Crippen LogP contribution is 2.30. The van der Waals surface area contributed by atoms with E-state index in [9.17, 15) is 26.7 Å². The Morgan fingerprint density at radius 2 is 1.35 bits per heavy atom. The predicted molar refractivity (Wildman–Crippen MR) is 131 cm³/mol. The minimum Gasteiger partial charge on any atom is -0.486 e. The Balaban J connectivity index is 1.57. The van der Waals surface area contributed by atoms with Gasteiger partial charge in [-0.2, -0.15) is 22.0 Å². The van der Waals surface area contributed by atoms with Crippen molar-refractivity contribution < 1.29 is 41.0 Å². The topological polar surface area (TPSA) is 44.8 Å². The van der Waals surface area contributed by atoms with E-state index in [1.54, 1.807) is 24.3 Å². The number of benzene rings is 2. The van der Waals surface area contributed by atoms with Gasteiger partial charge >= 0.3 is 12.1 Å². The summed E-state index contributed by atoms with van der Waals surface area (Å²) in [7, 11) is 0. The van der Waals surface area contributed by atoms with Crippen molar-refractivity contribution in [1.82, 2.24) is 0 Å². The zero-order chi connectivity index (χ0) is 26.9. The van der Waals surface area contributed by atoms with Crippen molar-refractivity contribution in [2.45, 2.75) is 70.6 Å². The number of hydrogen-bond acceptors (Lipinski definition) is 4. The van der Waals surface area contributed by atoms with Crippen LogP contribution in [0.15, 0.2) is 60.7 Å². The van der Waals surface area contributed by atoms with Gasteiger partial charge in [-0.3, -0.25) is 4.79 Å². The molecule has 9 heteroatoms. The van der Waals surface area contributed by atoms with Crippen LogP contribution in [0.3, 0.4) is 0 Å². The number of allylic oxidation sites excluding steroid dienone is 1. The molecule has 0 unspecified atom stereocenters. The second kappa shape index (κ2) is 16.6. The Labute approximate surface area is 214 Å². The van der Waals surface area contributed by atoms with Gasteiger partial charge in [-0.15, -0.1) is 0 Å². The van der Waals surface area contributed by atoms with E-state index in [4.69, 9.17) is 14.2 Å². The van der Waals surface area contributed by atoms with Crippen molar-refractivity contribution in [2.24, 2.45) is 0 Å². The standard InChI is InChI=1S/C28H33F5O4/c29-26(30)13-7-5-3-1-2-4-6-8-14-27(34)36-20-19-35-24-11-9-10-12-25(24)37-21-22-15-17-23(18-16-22)28(31,32)33/h9-13,15-18H,1-8,14,19-21H2. The Bertz CT molecular complexity index is 954. The van der Waals surface area contributed by atoms with Gasteiger partial charge in [-0.05, 0) is 55.2 Å². The quantitative estimate of drug-likeness (QED) is 0.117. The summed E-state index contributed by atoms with van der Waals surface area (Å²) in [6.07, 6.45) is 2.04. The Morgan fingerprint density at radius 1 is 0.757 bits per heavy atom. The number of carbonyl (C=O) groups excluding carboxylic acids is 1. The fourth-order valence-corrected chi connectivity index (χ4v) is 3.53. The number of carbonyl (C=O) groups is 1. The molecule has 204 valence electrons. The normalized spacial score (nSPS) is 11.2. The van der Waals surface area contributed by atoms with E-state index >= 15 is 0 Å². The molecule has 0 radical (unpaired) electrons. The van der Waals surface area contributed by atoms with Crippen LogP contribution in [0, 0.1) is 0 Å². The molecule has 0 saturated carbocycles. The molecule has 0 saturated heterocycles. The molecular weight excluding hydrogens is 495 g/mol.